The van der Waals surface area contributed by atoms with E-state index in [0.717, 1.165) is 9.66 Å². The van der Waals surface area contributed by atoms with Gasteiger partial charge in [-0.25, -0.2) is 14.6 Å². The molecular formula is C6H7IN6. The third-order valence-electron chi connectivity index (χ3n) is 1.62. The van der Waals surface area contributed by atoms with Crippen LogP contribution in [0.3, 0.4) is 0 Å². The third kappa shape index (κ3) is 1.85. The summed E-state index contributed by atoms with van der Waals surface area (Å²) >= 11 is 2.06. The van der Waals surface area contributed by atoms with Crippen molar-refractivity contribution in [1.29, 1.82) is 0 Å². The fourth-order valence-electron chi connectivity index (χ4n) is 0.956. The van der Waals surface area contributed by atoms with E-state index < -0.39 is 0 Å². The summed E-state index contributed by atoms with van der Waals surface area (Å²) in [6.45, 7) is 0.604. The monoisotopic (exact) mass is 290 g/mol. The molecule has 0 atom stereocenters. The van der Waals surface area contributed by atoms with E-state index in [4.69, 9.17) is 0 Å². The van der Waals surface area contributed by atoms with Crippen LogP contribution in [0.5, 0.6) is 0 Å². The lowest BCUT2D eigenvalue weighted by Crippen LogP contribution is -2.07. The van der Waals surface area contributed by atoms with Gasteiger partial charge >= 0.3 is 0 Å². The highest BCUT2D eigenvalue weighted by Gasteiger charge is 2.02. The maximum atomic E-state index is 4.14. The summed E-state index contributed by atoms with van der Waals surface area (Å²) in [5.74, 6) is 0.862. The van der Waals surface area contributed by atoms with Gasteiger partial charge < -0.3 is 0 Å². The van der Waals surface area contributed by atoms with E-state index in [1.165, 1.54) is 6.33 Å². The molecule has 0 N–H and O–H groups in total. The van der Waals surface area contributed by atoms with Crippen LogP contribution in [-0.2, 0) is 13.6 Å². The van der Waals surface area contributed by atoms with Crippen LogP contribution in [0.4, 0.5) is 0 Å². The molecule has 2 aromatic heterocycles. The SMILES string of the molecule is Cn1ncnc1Cn1cnc(I)n1. The van der Waals surface area contributed by atoms with Crippen LogP contribution in [0.15, 0.2) is 12.7 Å². The van der Waals surface area contributed by atoms with Crippen molar-refractivity contribution >= 4 is 22.6 Å². The van der Waals surface area contributed by atoms with E-state index in [1.807, 2.05) is 7.05 Å². The van der Waals surface area contributed by atoms with Gasteiger partial charge in [0, 0.05) is 29.6 Å². The van der Waals surface area contributed by atoms with Crippen LogP contribution in [0.2, 0.25) is 0 Å². The predicted molar refractivity (Wildman–Crippen MR) is 52.8 cm³/mol. The van der Waals surface area contributed by atoms with Crippen molar-refractivity contribution in [3.05, 3.63) is 22.3 Å². The van der Waals surface area contributed by atoms with E-state index in [0.29, 0.717) is 6.54 Å². The summed E-state index contributed by atoms with van der Waals surface area (Å²) in [6, 6.07) is 0. The van der Waals surface area contributed by atoms with Gasteiger partial charge in [0.2, 0.25) is 3.83 Å². The second kappa shape index (κ2) is 3.40. The lowest BCUT2D eigenvalue weighted by molar-refractivity contribution is 0.604. The number of hydrogen-bond acceptors (Lipinski definition) is 4. The summed E-state index contributed by atoms with van der Waals surface area (Å²) in [4.78, 5) is 8.09. The van der Waals surface area contributed by atoms with Gasteiger partial charge in [-0.2, -0.15) is 5.10 Å². The lowest BCUT2D eigenvalue weighted by Gasteiger charge is -1.98. The van der Waals surface area contributed by atoms with E-state index >= 15 is 0 Å². The predicted octanol–water partition coefficient (Wildman–Crippen LogP) is 0.0595. The Morgan fingerprint density at radius 2 is 2.31 bits per heavy atom. The smallest absolute Gasteiger partial charge is 0.211 e. The highest BCUT2D eigenvalue weighted by atomic mass is 127. The minimum atomic E-state index is 0.604. The first-order valence-electron chi connectivity index (χ1n) is 3.63. The molecule has 0 aliphatic carbocycles. The van der Waals surface area contributed by atoms with Gasteiger partial charge in [-0.3, -0.25) is 4.68 Å². The number of nitrogens with zero attached hydrogens (tertiary/aromatic N) is 6. The fourth-order valence-corrected chi connectivity index (χ4v) is 1.36. The molecule has 0 fully saturated rings. The molecule has 2 aromatic rings. The summed E-state index contributed by atoms with van der Waals surface area (Å²) in [6.07, 6.45) is 3.20. The van der Waals surface area contributed by atoms with Crippen molar-refractivity contribution in [3.8, 4) is 0 Å². The van der Waals surface area contributed by atoms with Gasteiger partial charge in [0.1, 0.15) is 25.0 Å². The molecule has 0 aliphatic rings. The van der Waals surface area contributed by atoms with Gasteiger partial charge in [0.05, 0.1) is 0 Å². The van der Waals surface area contributed by atoms with Crippen LogP contribution >= 0.6 is 22.6 Å². The highest BCUT2D eigenvalue weighted by Crippen LogP contribution is 1.97. The zero-order valence-corrected chi connectivity index (χ0v) is 9.08. The zero-order valence-electron chi connectivity index (χ0n) is 6.92. The first-order valence-corrected chi connectivity index (χ1v) is 4.71. The average Bonchev–Trinajstić information content (AvgIpc) is 2.64. The Morgan fingerprint density at radius 3 is 2.85 bits per heavy atom. The Balaban J connectivity index is 2.19. The Hall–Kier alpha value is -0.990. The van der Waals surface area contributed by atoms with Crippen LogP contribution in [0.25, 0.3) is 0 Å². The normalized spacial score (nSPS) is 10.6. The van der Waals surface area contributed by atoms with Crippen LogP contribution in [-0.4, -0.2) is 29.5 Å². The Bertz CT molecular complexity index is 405. The second-order valence-corrected chi connectivity index (χ2v) is 3.48. The summed E-state index contributed by atoms with van der Waals surface area (Å²) in [5.41, 5.74) is 0. The molecule has 0 amide bonds. The van der Waals surface area contributed by atoms with Gasteiger partial charge in [-0.1, -0.05) is 0 Å². The number of aryl methyl sites for hydroxylation is 1. The van der Waals surface area contributed by atoms with Crippen molar-refractivity contribution in [3.63, 3.8) is 0 Å². The maximum absolute atomic E-state index is 4.14. The first-order chi connectivity index (χ1) is 6.25. The average molecular weight is 290 g/mol. The van der Waals surface area contributed by atoms with Crippen molar-refractivity contribution in [2.75, 3.05) is 0 Å². The fraction of sp³-hybridized carbons (Fsp3) is 0.333. The van der Waals surface area contributed by atoms with Gasteiger partial charge in [-0.15, -0.1) is 5.10 Å². The quantitative estimate of drug-likeness (QED) is 0.734. The van der Waals surface area contributed by atoms with Gasteiger partial charge in [-0.05, 0) is 0 Å². The molecule has 2 heterocycles. The maximum Gasteiger partial charge on any atom is 0.211 e. The molecule has 0 saturated carbocycles. The molecule has 13 heavy (non-hydrogen) atoms. The van der Waals surface area contributed by atoms with E-state index in [2.05, 4.69) is 42.8 Å². The summed E-state index contributed by atoms with van der Waals surface area (Å²) in [5, 5.41) is 8.10. The summed E-state index contributed by atoms with van der Waals surface area (Å²) in [7, 11) is 1.85. The van der Waals surface area contributed by atoms with Crippen molar-refractivity contribution in [2.24, 2.45) is 7.05 Å². The van der Waals surface area contributed by atoms with Gasteiger partial charge in [0.25, 0.3) is 0 Å². The molecule has 0 unspecified atom stereocenters. The molecular weight excluding hydrogens is 283 g/mol. The van der Waals surface area contributed by atoms with Crippen molar-refractivity contribution in [2.45, 2.75) is 6.54 Å². The van der Waals surface area contributed by atoms with Crippen molar-refractivity contribution in [1.82, 2.24) is 29.5 Å². The molecule has 0 radical (unpaired) electrons. The number of rotatable bonds is 2. The summed E-state index contributed by atoms with van der Waals surface area (Å²) < 4.78 is 4.18. The molecule has 0 aromatic carbocycles. The molecule has 0 saturated heterocycles. The van der Waals surface area contributed by atoms with E-state index in [1.54, 1.807) is 15.7 Å². The highest BCUT2D eigenvalue weighted by molar-refractivity contribution is 14.1. The van der Waals surface area contributed by atoms with E-state index in [9.17, 15) is 0 Å². The largest absolute Gasteiger partial charge is 0.251 e. The van der Waals surface area contributed by atoms with Crippen molar-refractivity contribution < 1.29 is 0 Å². The molecule has 7 heteroatoms. The zero-order chi connectivity index (χ0) is 9.26. The minimum absolute atomic E-state index is 0.604. The Morgan fingerprint density at radius 1 is 1.46 bits per heavy atom. The number of aromatic nitrogens is 6. The standard InChI is InChI=1S/C6H7IN6/c1-12-5(8-3-10-12)2-13-4-9-6(7)11-13/h3-4H,2H2,1H3. The Labute approximate surface area is 88.1 Å². The molecule has 0 aliphatic heterocycles. The Kier molecular flexibility index (Phi) is 2.25. The molecule has 6 nitrogen and oxygen atoms in total. The topological polar surface area (TPSA) is 61.4 Å². The number of halogens is 1. The van der Waals surface area contributed by atoms with Gasteiger partial charge in [0.15, 0.2) is 0 Å². The lowest BCUT2D eigenvalue weighted by atomic mass is 10.6. The third-order valence-corrected chi connectivity index (χ3v) is 2.11. The minimum Gasteiger partial charge on any atom is -0.251 e. The molecule has 0 bridgehead atoms. The number of hydrogen-bond donors (Lipinski definition) is 0. The first kappa shape index (κ1) is 8.60. The molecule has 0 spiro atoms. The molecule has 2 rings (SSSR count). The van der Waals surface area contributed by atoms with Crippen LogP contribution in [0.1, 0.15) is 5.82 Å². The van der Waals surface area contributed by atoms with Crippen LogP contribution < -0.4 is 0 Å². The second-order valence-electron chi connectivity index (χ2n) is 2.51. The van der Waals surface area contributed by atoms with Crippen LogP contribution in [0, 0.1) is 3.83 Å². The molecule has 68 valence electrons. The van der Waals surface area contributed by atoms with E-state index in [-0.39, 0.29) is 0 Å².